The minimum atomic E-state index is 0.0726. The van der Waals surface area contributed by atoms with Crippen LogP contribution in [0.3, 0.4) is 0 Å². The molecule has 2 aromatic carbocycles. The summed E-state index contributed by atoms with van der Waals surface area (Å²) in [4.78, 5) is 30.7. The zero-order chi connectivity index (χ0) is 25.3. The fraction of sp³-hybridized carbons (Fsp3) is 0.500. The topological polar surface area (TPSA) is 53.1 Å². The lowest BCUT2D eigenvalue weighted by Gasteiger charge is -2.38. The third-order valence-corrected chi connectivity index (χ3v) is 8.05. The van der Waals surface area contributed by atoms with Gasteiger partial charge in [0.1, 0.15) is 5.75 Å². The van der Waals surface area contributed by atoms with Crippen molar-refractivity contribution >= 4 is 23.4 Å². The second-order valence-corrected chi connectivity index (χ2v) is 10.4. The molecule has 2 heterocycles. The van der Waals surface area contributed by atoms with Gasteiger partial charge in [0.15, 0.2) is 0 Å². The number of hydrogen-bond acceptors (Lipinski definition) is 4. The quantitative estimate of drug-likeness (QED) is 0.488. The minimum Gasteiger partial charge on any atom is -0.493 e. The molecule has 2 fully saturated rings. The van der Waals surface area contributed by atoms with Gasteiger partial charge in [-0.25, -0.2) is 0 Å². The fourth-order valence-corrected chi connectivity index (χ4v) is 5.55. The highest BCUT2D eigenvalue weighted by Gasteiger charge is 2.47. The molecule has 0 saturated carbocycles. The molecular formula is C28H36ClN3O3. The van der Waals surface area contributed by atoms with E-state index in [1.54, 1.807) is 24.0 Å². The minimum absolute atomic E-state index is 0.0726. The van der Waals surface area contributed by atoms with Gasteiger partial charge in [0.2, 0.25) is 5.91 Å². The van der Waals surface area contributed by atoms with E-state index in [0.29, 0.717) is 29.8 Å². The number of benzene rings is 2. The lowest BCUT2D eigenvalue weighted by molar-refractivity contribution is -0.127. The third kappa shape index (κ3) is 5.34. The number of amides is 2. The van der Waals surface area contributed by atoms with E-state index in [1.807, 2.05) is 24.1 Å². The summed E-state index contributed by atoms with van der Waals surface area (Å²) >= 11 is 5.99. The van der Waals surface area contributed by atoms with Crippen LogP contribution in [-0.4, -0.2) is 71.9 Å². The molecule has 0 N–H and O–H groups in total. The number of halogens is 1. The Kier molecular flexibility index (Phi) is 7.72. The van der Waals surface area contributed by atoms with Crippen molar-refractivity contribution < 1.29 is 14.3 Å². The summed E-state index contributed by atoms with van der Waals surface area (Å²) in [5.74, 6) is 1.08. The first-order valence-corrected chi connectivity index (χ1v) is 12.8. The number of ether oxygens (including phenoxy) is 1. The lowest BCUT2D eigenvalue weighted by Crippen LogP contribution is -2.49. The zero-order valence-corrected chi connectivity index (χ0v) is 22.1. The molecule has 0 spiro atoms. The molecule has 0 aromatic heterocycles. The van der Waals surface area contributed by atoms with Crippen molar-refractivity contribution in [1.82, 2.24) is 14.7 Å². The molecule has 2 aliphatic heterocycles. The van der Waals surface area contributed by atoms with Crippen molar-refractivity contribution in [3.63, 3.8) is 0 Å². The molecule has 0 unspecified atom stereocenters. The Morgan fingerprint density at radius 2 is 1.80 bits per heavy atom. The molecule has 6 nitrogen and oxygen atoms in total. The summed E-state index contributed by atoms with van der Waals surface area (Å²) in [5.41, 5.74) is 4.44. The number of rotatable bonds is 8. The van der Waals surface area contributed by atoms with Gasteiger partial charge >= 0.3 is 0 Å². The van der Waals surface area contributed by atoms with Crippen molar-refractivity contribution in [1.29, 1.82) is 0 Å². The summed E-state index contributed by atoms with van der Waals surface area (Å²) in [6, 6.07) is 12.3. The molecule has 2 aliphatic rings. The van der Waals surface area contributed by atoms with Crippen LogP contribution in [0.5, 0.6) is 5.75 Å². The molecule has 2 saturated heterocycles. The lowest BCUT2D eigenvalue weighted by atomic mass is 9.96. The SMILES string of the molecule is CC(=O)N(C)CCCOc1ccc([C@H](C)N2C[C@H]3C[C@@H]2CN3C(=O)c2ccc(Cl)cc2)c(C)c1C. The smallest absolute Gasteiger partial charge is 0.254 e. The maximum absolute atomic E-state index is 13.0. The van der Waals surface area contributed by atoms with Crippen LogP contribution in [0, 0.1) is 13.8 Å². The van der Waals surface area contributed by atoms with Gasteiger partial charge < -0.3 is 14.5 Å². The third-order valence-electron chi connectivity index (χ3n) is 7.79. The highest BCUT2D eigenvalue weighted by Crippen LogP contribution is 2.39. The van der Waals surface area contributed by atoms with E-state index in [0.717, 1.165) is 37.2 Å². The summed E-state index contributed by atoms with van der Waals surface area (Å²) in [5, 5.41) is 0.646. The first-order chi connectivity index (χ1) is 16.7. The second kappa shape index (κ2) is 10.6. The molecule has 4 rings (SSSR count). The van der Waals surface area contributed by atoms with Crippen LogP contribution in [0.4, 0.5) is 0 Å². The Labute approximate surface area is 213 Å². The van der Waals surface area contributed by atoms with Gasteiger partial charge in [0.05, 0.1) is 6.61 Å². The molecule has 0 aliphatic carbocycles. The van der Waals surface area contributed by atoms with E-state index in [2.05, 4.69) is 37.8 Å². The number of piperazine rings is 1. The van der Waals surface area contributed by atoms with E-state index < -0.39 is 0 Å². The van der Waals surface area contributed by atoms with Crippen molar-refractivity contribution in [3.05, 3.63) is 63.7 Å². The van der Waals surface area contributed by atoms with E-state index in [1.165, 1.54) is 11.1 Å². The maximum atomic E-state index is 13.0. The van der Waals surface area contributed by atoms with Crippen molar-refractivity contribution in [2.45, 2.75) is 58.7 Å². The van der Waals surface area contributed by atoms with Crippen LogP contribution in [-0.2, 0) is 4.79 Å². The van der Waals surface area contributed by atoms with Crippen molar-refractivity contribution in [2.75, 3.05) is 33.3 Å². The van der Waals surface area contributed by atoms with Gasteiger partial charge in [-0.3, -0.25) is 14.5 Å². The summed E-state index contributed by atoms with van der Waals surface area (Å²) < 4.78 is 6.04. The Balaban J connectivity index is 1.37. The van der Waals surface area contributed by atoms with Crippen molar-refractivity contribution in [3.8, 4) is 5.75 Å². The first-order valence-electron chi connectivity index (χ1n) is 12.4. The highest BCUT2D eigenvalue weighted by atomic mass is 35.5. The normalized spacial score (nSPS) is 20.2. The monoisotopic (exact) mass is 497 g/mol. The average molecular weight is 498 g/mol. The Morgan fingerprint density at radius 1 is 1.09 bits per heavy atom. The van der Waals surface area contributed by atoms with Crippen LogP contribution in [0.1, 0.15) is 59.8 Å². The fourth-order valence-electron chi connectivity index (χ4n) is 5.42. The van der Waals surface area contributed by atoms with Crippen LogP contribution in [0.25, 0.3) is 0 Å². The molecule has 3 atom stereocenters. The molecule has 7 heteroatoms. The van der Waals surface area contributed by atoms with Crippen LogP contribution in [0.2, 0.25) is 5.02 Å². The van der Waals surface area contributed by atoms with Crippen LogP contribution < -0.4 is 4.74 Å². The highest BCUT2D eigenvalue weighted by molar-refractivity contribution is 6.30. The van der Waals surface area contributed by atoms with E-state index in [-0.39, 0.29) is 23.9 Å². The van der Waals surface area contributed by atoms with E-state index in [9.17, 15) is 9.59 Å². The molecule has 2 amide bonds. The molecule has 0 radical (unpaired) electrons. The van der Waals surface area contributed by atoms with E-state index >= 15 is 0 Å². The van der Waals surface area contributed by atoms with Crippen LogP contribution in [0.15, 0.2) is 36.4 Å². The zero-order valence-electron chi connectivity index (χ0n) is 21.4. The molecule has 35 heavy (non-hydrogen) atoms. The second-order valence-electron chi connectivity index (χ2n) is 9.93. The van der Waals surface area contributed by atoms with Gasteiger partial charge in [-0.1, -0.05) is 17.7 Å². The Morgan fingerprint density at radius 3 is 2.43 bits per heavy atom. The standard InChI is InChI=1S/C28H36ClN3O3/c1-18-19(2)27(35-14-6-13-30(5)21(4)33)12-11-26(18)20(3)31-16-25-15-24(31)17-32(25)28(34)22-7-9-23(29)10-8-22/h7-12,20,24-25H,6,13-17H2,1-5H3/t20-,24+,25+/m0/s1. The number of fused-ring (bicyclic) bond motifs is 2. The number of carbonyl (C=O) groups excluding carboxylic acids is 2. The Hall–Kier alpha value is -2.57. The molecular weight excluding hydrogens is 462 g/mol. The van der Waals surface area contributed by atoms with Crippen molar-refractivity contribution in [2.24, 2.45) is 0 Å². The molecule has 2 bridgehead atoms. The van der Waals surface area contributed by atoms with Gasteiger partial charge in [0, 0.05) is 62.3 Å². The summed E-state index contributed by atoms with van der Waals surface area (Å²) in [6.07, 6.45) is 1.83. The Bertz CT molecular complexity index is 1090. The van der Waals surface area contributed by atoms with Crippen LogP contribution >= 0.6 is 11.6 Å². The number of nitrogens with zero attached hydrogens (tertiary/aromatic N) is 3. The number of carbonyl (C=O) groups is 2. The van der Waals surface area contributed by atoms with E-state index in [4.69, 9.17) is 16.3 Å². The average Bonchev–Trinajstić information content (AvgIpc) is 3.45. The number of hydrogen-bond donors (Lipinski definition) is 0. The maximum Gasteiger partial charge on any atom is 0.254 e. The molecule has 188 valence electrons. The van der Waals surface area contributed by atoms with Gasteiger partial charge in [0.25, 0.3) is 5.91 Å². The predicted molar refractivity (Wildman–Crippen MR) is 139 cm³/mol. The molecule has 2 aromatic rings. The summed E-state index contributed by atoms with van der Waals surface area (Å²) in [6.45, 7) is 11.1. The summed E-state index contributed by atoms with van der Waals surface area (Å²) in [7, 11) is 1.81. The largest absolute Gasteiger partial charge is 0.493 e. The predicted octanol–water partition coefficient (Wildman–Crippen LogP) is 4.86. The van der Waals surface area contributed by atoms with Gasteiger partial charge in [-0.2, -0.15) is 0 Å². The van der Waals surface area contributed by atoms with Gasteiger partial charge in [-0.15, -0.1) is 0 Å². The van der Waals surface area contributed by atoms with Gasteiger partial charge in [-0.05, 0) is 80.6 Å². The number of likely N-dealkylation sites (tertiary alicyclic amines) is 2. The first kappa shape index (κ1) is 25.5.